The van der Waals surface area contributed by atoms with Crippen LogP contribution in [-0.4, -0.2) is 44.1 Å². The fraction of sp³-hybridized carbons (Fsp3) is 0.632. The van der Waals surface area contributed by atoms with Crippen molar-refractivity contribution in [2.75, 3.05) is 33.2 Å². The van der Waals surface area contributed by atoms with Gasteiger partial charge in [0.25, 0.3) is 0 Å². The lowest BCUT2D eigenvalue weighted by molar-refractivity contribution is 0.178. The van der Waals surface area contributed by atoms with Crippen molar-refractivity contribution >= 4 is 17.6 Å². The Hall–Kier alpha value is -1.26. The minimum absolute atomic E-state index is 0.729. The number of hydrogen-bond acceptors (Lipinski definition) is 2. The molecule has 1 aliphatic heterocycles. The first kappa shape index (κ1) is 17.6. The van der Waals surface area contributed by atoms with E-state index >= 15 is 0 Å². The molecule has 1 saturated heterocycles. The zero-order chi connectivity index (χ0) is 16.8. The third-order valence-corrected chi connectivity index (χ3v) is 5.46. The summed E-state index contributed by atoms with van der Waals surface area (Å²) in [5.74, 6) is 2.56. The summed E-state index contributed by atoms with van der Waals surface area (Å²) in [5.41, 5.74) is 1.24. The summed E-state index contributed by atoms with van der Waals surface area (Å²) in [6, 6.07) is 8.17. The number of hydrogen-bond donors (Lipinski definition) is 2. The molecule has 4 nitrogen and oxygen atoms in total. The van der Waals surface area contributed by atoms with Gasteiger partial charge in [-0.2, -0.15) is 0 Å². The van der Waals surface area contributed by atoms with E-state index in [0.717, 1.165) is 55.5 Å². The molecule has 3 rings (SSSR count). The van der Waals surface area contributed by atoms with Gasteiger partial charge < -0.3 is 10.6 Å². The molecule has 1 aliphatic carbocycles. The number of benzene rings is 1. The first-order chi connectivity index (χ1) is 11.7. The predicted octanol–water partition coefficient (Wildman–Crippen LogP) is 3.13. The molecule has 0 unspecified atom stereocenters. The highest BCUT2D eigenvalue weighted by molar-refractivity contribution is 6.31. The fourth-order valence-corrected chi connectivity index (χ4v) is 3.44. The molecule has 24 heavy (non-hydrogen) atoms. The number of rotatable bonds is 6. The van der Waals surface area contributed by atoms with Crippen molar-refractivity contribution in [3.05, 3.63) is 34.9 Å². The summed E-state index contributed by atoms with van der Waals surface area (Å²) in [6.45, 7) is 5.34. The summed E-state index contributed by atoms with van der Waals surface area (Å²) in [5, 5.41) is 7.81. The number of likely N-dealkylation sites (tertiary alicyclic amines) is 1. The number of guanidine groups is 1. The van der Waals surface area contributed by atoms with Crippen LogP contribution in [0.3, 0.4) is 0 Å². The van der Waals surface area contributed by atoms with E-state index < -0.39 is 0 Å². The van der Waals surface area contributed by atoms with Crippen LogP contribution in [0.1, 0.15) is 31.2 Å². The van der Waals surface area contributed by atoms with Gasteiger partial charge in [0.1, 0.15) is 0 Å². The van der Waals surface area contributed by atoms with Gasteiger partial charge in [-0.1, -0.05) is 29.8 Å². The van der Waals surface area contributed by atoms with Crippen molar-refractivity contribution in [3.8, 4) is 0 Å². The molecule has 132 valence electrons. The standard InChI is InChI=1S/C19H29ClN4/c1-21-19(22-12-15-6-7-15)23-13-16-8-10-24(11-9-16)14-17-4-2-3-5-18(17)20/h2-5,15-16H,6-14H2,1H3,(H2,21,22,23). The Balaban J connectivity index is 1.36. The molecule has 5 heteroatoms. The van der Waals surface area contributed by atoms with Crippen LogP contribution in [0.4, 0.5) is 0 Å². The topological polar surface area (TPSA) is 39.7 Å². The van der Waals surface area contributed by atoms with Crippen LogP contribution in [0.2, 0.25) is 5.02 Å². The number of nitrogens with zero attached hydrogens (tertiary/aromatic N) is 2. The van der Waals surface area contributed by atoms with Gasteiger partial charge in [0.15, 0.2) is 5.96 Å². The minimum Gasteiger partial charge on any atom is -0.356 e. The van der Waals surface area contributed by atoms with Crippen LogP contribution in [0.25, 0.3) is 0 Å². The third-order valence-electron chi connectivity index (χ3n) is 5.10. The van der Waals surface area contributed by atoms with Gasteiger partial charge in [-0.15, -0.1) is 0 Å². The monoisotopic (exact) mass is 348 g/mol. The predicted molar refractivity (Wildman–Crippen MR) is 102 cm³/mol. The normalized spacial score (nSPS) is 20.2. The molecule has 1 aromatic rings. The first-order valence-corrected chi connectivity index (χ1v) is 9.52. The summed E-state index contributed by atoms with van der Waals surface area (Å²) in [7, 11) is 1.86. The van der Waals surface area contributed by atoms with E-state index in [1.165, 1.54) is 31.2 Å². The maximum absolute atomic E-state index is 6.27. The Morgan fingerprint density at radius 1 is 1.08 bits per heavy atom. The zero-order valence-corrected chi connectivity index (χ0v) is 15.4. The maximum atomic E-state index is 6.27. The maximum Gasteiger partial charge on any atom is 0.190 e. The Morgan fingerprint density at radius 3 is 2.29 bits per heavy atom. The van der Waals surface area contributed by atoms with Crippen LogP contribution in [-0.2, 0) is 6.54 Å². The van der Waals surface area contributed by atoms with Gasteiger partial charge in [0.05, 0.1) is 0 Å². The highest BCUT2D eigenvalue weighted by atomic mass is 35.5. The molecule has 0 aromatic heterocycles. The van der Waals surface area contributed by atoms with Crippen molar-refractivity contribution < 1.29 is 0 Å². The molecular formula is C19H29ClN4. The number of halogens is 1. The number of piperidine rings is 1. The second-order valence-corrected chi connectivity index (χ2v) is 7.50. The van der Waals surface area contributed by atoms with Crippen molar-refractivity contribution in [2.24, 2.45) is 16.8 Å². The quantitative estimate of drug-likeness (QED) is 0.613. The zero-order valence-electron chi connectivity index (χ0n) is 14.6. The van der Waals surface area contributed by atoms with E-state index in [9.17, 15) is 0 Å². The lowest BCUT2D eigenvalue weighted by Gasteiger charge is -2.32. The summed E-state index contributed by atoms with van der Waals surface area (Å²) in [6.07, 6.45) is 5.20. The SMILES string of the molecule is CN=C(NCC1CC1)NCC1CCN(Cc2ccccc2Cl)CC1. The molecule has 0 amide bonds. The summed E-state index contributed by atoms with van der Waals surface area (Å²) < 4.78 is 0. The molecule has 1 saturated carbocycles. The summed E-state index contributed by atoms with van der Waals surface area (Å²) >= 11 is 6.27. The Morgan fingerprint density at radius 2 is 1.71 bits per heavy atom. The Labute approximate surface area is 150 Å². The van der Waals surface area contributed by atoms with Gasteiger partial charge in [0.2, 0.25) is 0 Å². The van der Waals surface area contributed by atoms with Crippen molar-refractivity contribution in [3.63, 3.8) is 0 Å². The van der Waals surface area contributed by atoms with Gasteiger partial charge in [-0.3, -0.25) is 9.89 Å². The van der Waals surface area contributed by atoms with E-state index in [0.29, 0.717) is 0 Å². The van der Waals surface area contributed by atoms with E-state index in [-0.39, 0.29) is 0 Å². The second kappa shape index (κ2) is 8.72. The molecule has 2 fully saturated rings. The van der Waals surface area contributed by atoms with E-state index in [1.54, 1.807) is 0 Å². The van der Waals surface area contributed by atoms with Crippen LogP contribution in [0, 0.1) is 11.8 Å². The molecule has 0 radical (unpaired) electrons. The second-order valence-electron chi connectivity index (χ2n) is 7.09. The Bertz CT molecular complexity index is 548. The van der Waals surface area contributed by atoms with Crippen molar-refractivity contribution in [1.82, 2.24) is 15.5 Å². The molecule has 1 aromatic carbocycles. The average Bonchev–Trinajstić information content (AvgIpc) is 3.43. The lowest BCUT2D eigenvalue weighted by atomic mass is 9.96. The minimum atomic E-state index is 0.729. The average molecular weight is 349 g/mol. The highest BCUT2D eigenvalue weighted by Gasteiger charge is 2.22. The molecule has 0 atom stereocenters. The number of nitrogens with one attached hydrogen (secondary N) is 2. The van der Waals surface area contributed by atoms with E-state index in [1.807, 2.05) is 19.2 Å². The molecular weight excluding hydrogens is 320 g/mol. The van der Waals surface area contributed by atoms with Crippen LogP contribution in [0.15, 0.2) is 29.3 Å². The molecule has 1 heterocycles. The van der Waals surface area contributed by atoms with E-state index in [2.05, 4.69) is 32.7 Å². The van der Waals surface area contributed by atoms with E-state index in [4.69, 9.17) is 11.6 Å². The highest BCUT2D eigenvalue weighted by Crippen LogP contribution is 2.27. The van der Waals surface area contributed by atoms with Crippen molar-refractivity contribution in [1.29, 1.82) is 0 Å². The smallest absolute Gasteiger partial charge is 0.190 e. The first-order valence-electron chi connectivity index (χ1n) is 9.15. The molecule has 2 aliphatic rings. The fourth-order valence-electron chi connectivity index (χ4n) is 3.24. The van der Waals surface area contributed by atoms with Crippen LogP contribution >= 0.6 is 11.6 Å². The van der Waals surface area contributed by atoms with Gasteiger partial charge in [-0.25, -0.2) is 0 Å². The largest absolute Gasteiger partial charge is 0.356 e. The molecule has 0 bridgehead atoms. The summed E-state index contributed by atoms with van der Waals surface area (Å²) in [4.78, 5) is 6.83. The number of aliphatic imine (C=N–C) groups is 1. The van der Waals surface area contributed by atoms with Crippen molar-refractivity contribution in [2.45, 2.75) is 32.2 Å². The van der Waals surface area contributed by atoms with Gasteiger partial charge >= 0.3 is 0 Å². The third kappa shape index (κ3) is 5.38. The van der Waals surface area contributed by atoms with Crippen LogP contribution < -0.4 is 10.6 Å². The Kier molecular flexibility index (Phi) is 6.38. The molecule has 2 N–H and O–H groups in total. The van der Waals surface area contributed by atoms with Gasteiger partial charge in [-0.05, 0) is 62.2 Å². The van der Waals surface area contributed by atoms with Gasteiger partial charge in [0, 0.05) is 31.7 Å². The lowest BCUT2D eigenvalue weighted by Crippen LogP contribution is -2.43. The molecule has 0 spiro atoms. The van der Waals surface area contributed by atoms with Crippen LogP contribution in [0.5, 0.6) is 0 Å².